The van der Waals surface area contributed by atoms with Gasteiger partial charge in [0.1, 0.15) is 0 Å². The van der Waals surface area contributed by atoms with Crippen LogP contribution in [0.25, 0.3) is 0 Å². The van der Waals surface area contributed by atoms with Crippen LogP contribution in [0.15, 0.2) is 23.1 Å². The van der Waals surface area contributed by atoms with E-state index in [0.717, 1.165) is 5.56 Å². The Morgan fingerprint density at radius 2 is 2.12 bits per heavy atom. The highest BCUT2D eigenvalue weighted by atomic mass is 35.5. The maximum absolute atomic E-state index is 11.8. The quantitative estimate of drug-likeness (QED) is 0.858. The summed E-state index contributed by atoms with van der Waals surface area (Å²) in [6, 6.07) is 4.39. The number of benzene rings is 1. The van der Waals surface area contributed by atoms with E-state index in [0.29, 0.717) is 5.02 Å². The fourth-order valence-corrected chi connectivity index (χ4v) is 2.48. The Morgan fingerprint density at radius 1 is 1.50 bits per heavy atom. The molecule has 0 aliphatic heterocycles. The summed E-state index contributed by atoms with van der Waals surface area (Å²) in [6.45, 7) is 3.74. The zero-order valence-electron chi connectivity index (χ0n) is 9.20. The summed E-state index contributed by atoms with van der Waals surface area (Å²) >= 11 is 5.87. The van der Waals surface area contributed by atoms with Gasteiger partial charge in [0.2, 0.25) is 10.0 Å². The topological polar surface area (TPSA) is 72.2 Å². The Morgan fingerprint density at radius 3 is 2.62 bits per heavy atom. The molecule has 1 aromatic carbocycles. The van der Waals surface area contributed by atoms with Gasteiger partial charge in [-0.15, -0.1) is 0 Å². The van der Waals surface area contributed by atoms with E-state index in [4.69, 9.17) is 17.3 Å². The van der Waals surface area contributed by atoms with E-state index in [1.165, 1.54) is 12.1 Å². The Bertz CT molecular complexity index is 472. The molecule has 1 aromatic rings. The van der Waals surface area contributed by atoms with Gasteiger partial charge < -0.3 is 5.73 Å². The molecule has 6 heteroatoms. The molecule has 1 unspecified atom stereocenters. The predicted octanol–water partition coefficient (Wildman–Crippen LogP) is 1.27. The van der Waals surface area contributed by atoms with Crippen molar-refractivity contribution in [3.8, 4) is 0 Å². The van der Waals surface area contributed by atoms with Gasteiger partial charge in [0, 0.05) is 17.6 Å². The lowest BCUT2D eigenvalue weighted by atomic mass is 10.2. The average Bonchev–Trinajstić information content (AvgIpc) is 2.19. The highest BCUT2D eigenvalue weighted by Gasteiger charge is 2.14. The lowest BCUT2D eigenvalue weighted by molar-refractivity contribution is 0.574. The van der Waals surface area contributed by atoms with Crippen LogP contribution in [-0.2, 0) is 10.0 Å². The van der Waals surface area contributed by atoms with E-state index in [9.17, 15) is 8.42 Å². The zero-order chi connectivity index (χ0) is 12.3. The number of nitrogens with one attached hydrogen (secondary N) is 1. The third kappa shape index (κ3) is 3.45. The molecule has 0 aromatic heterocycles. The van der Waals surface area contributed by atoms with Crippen molar-refractivity contribution in [3.05, 3.63) is 28.8 Å². The SMILES string of the molecule is Cc1ccc(S(=O)(=O)NCC(C)N)cc1Cl. The van der Waals surface area contributed by atoms with Gasteiger partial charge in [-0.05, 0) is 31.5 Å². The van der Waals surface area contributed by atoms with Crippen molar-refractivity contribution in [2.24, 2.45) is 5.73 Å². The van der Waals surface area contributed by atoms with E-state index in [1.54, 1.807) is 13.0 Å². The van der Waals surface area contributed by atoms with E-state index < -0.39 is 10.0 Å². The minimum absolute atomic E-state index is 0.156. The van der Waals surface area contributed by atoms with Crippen LogP contribution in [0, 0.1) is 6.92 Å². The van der Waals surface area contributed by atoms with Crippen LogP contribution < -0.4 is 10.5 Å². The van der Waals surface area contributed by atoms with Crippen LogP contribution in [0.1, 0.15) is 12.5 Å². The first-order valence-electron chi connectivity index (χ1n) is 4.84. The first kappa shape index (κ1) is 13.4. The van der Waals surface area contributed by atoms with Crippen LogP contribution in [0.2, 0.25) is 5.02 Å². The molecule has 0 saturated heterocycles. The summed E-state index contributed by atoms with van der Waals surface area (Å²) in [6.07, 6.45) is 0. The Hall–Kier alpha value is -0.620. The number of nitrogens with two attached hydrogens (primary N) is 1. The predicted molar refractivity (Wildman–Crippen MR) is 65.0 cm³/mol. The molecule has 16 heavy (non-hydrogen) atoms. The fraction of sp³-hybridized carbons (Fsp3) is 0.400. The summed E-state index contributed by atoms with van der Waals surface area (Å²) in [5.74, 6) is 0. The Balaban J connectivity index is 2.94. The minimum Gasteiger partial charge on any atom is -0.327 e. The number of aryl methyl sites for hydroxylation is 1. The van der Waals surface area contributed by atoms with Crippen molar-refractivity contribution in [1.82, 2.24) is 4.72 Å². The van der Waals surface area contributed by atoms with Crippen molar-refractivity contribution >= 4 is 21.6 Å². The standard InChI is InChI=1S/C10H15ClN2O2S/c1-7-3-4-9(5-10(7)11)16(14,15)13-6-8(2)12/h3-5,8,13H,6,12H2,1-2H3. The van der Waals surface area contributed by atoms with Crippen molar-refractivity contribution in [3.63, 3.8) is 0 Å². The van der Waals surface area contributed by atoms with Crippen molar-refractivity contribution in [2.75, 3.05) is 6.54 Å². The molecule has 0 spiro atoms. The van der Waals surface area contributed by atoms with E-state index in [2.05, 4.69) is 4.72 Å². The van der Waals surface area contributed by atoms with Gasteiger partial charge in [0.15, 0.2) is 0 Å². The summed E-state index contributed by atoms with van der Waals surface area (Å²) in [4.78, 5) is 0.156. The fourth-order valence-electron chi connectivity index (χ4n) is 1.07. The largest absolute Gasteiger partial charge is 0.327 e. The molecule has 4 nitrogen and oxygen atoms in total. The van der Waals surface area contributed by atoms with E-state index >= 15 is 0 Å². The first-order chi connectivity index (χ1) is 7.33. The highest BCUT2D eigenvalue weighted by Crippen LogP contribution is 2.19. The Kier molecular flexibility index (Phi) is 4.32. The van der Waals surface area contributed by atoms with Gasteiger partial charge in [0.05, 0.1) is 4.90 Å². The lowest BCUT2D eigenvalue weighted by Crippen LogP contribution is -2.35. The molecule has 0 radical (unpaired) electrons. The summed E-state index contributed by atoms with van der Waals surface area (Å²) in [7, 11) is -3.51. The second kappa shape index (κ2) is 5.14. The molecule has 1 rings (SSSR count). The van der Waals surface area contributed by atoms with Crippen LogP contribution in [-0.4, -0.2) is 21.0 Å². The van der Waals surface area contributed by atoms with Crippen LogP contribution in [0.3, 0.4) is 0 Å². The molecule has 0 aliphatic rings. The number of hydrogen-bond acceptors (Lipinski definition) is 3. The highest BCUT2D eigenvalue weighted by molar-refractivity contribution is 7.89. The first-order valence-corrected chi connectivity index (χ1v) is 6.70. The molecule has 1 atom stereocenters. The molecular weight excluding hydrogens is 248 g/mol. The second-order valence-corrected chi connectivity index (χ2v) is 5.91. The number of hydrogen-bond donors (Lipinski definition) is 2. The molecule has 0 heterocycles. The van der Waals surface area contributed by atoms with Crippen LogP contribution >= 0.6 is 11.6 Å². The molecular formula is C10H15ClN2O2S. The van der Waals surface area contributed by atoms with Gasteiger partial charge in [-0.3, -0.25) is 0 Å². The van der Waals surface area contributed by atoms with E-state index in [-0.39, 0.29) is 17.5 Å². The van der Waals surface area contributed by atoms with Crippen LogP contribution in [0.4, 0.5) is 0 Å². The van der Waals surface area contributed by atoms with Gasteiger partial charge >= 0.3 is 0 Å². The zero-order valence-corrected chi connectivity index (χ0v) is 10.8. The molecule has 90 valence electrons. The summed E-state index contributed by atoms with van der Waals surface area (Å²) in [5, 5.41) is 0.434. The molecule has 0 bridgehead atoms. The summed E-state index contributed by atoms with van der Waals surface area (Å²) in [5.41, 5.74) is 6.32. The van der Waals surface area contributed by atoms with Crippen molar-refractivity contribution in [2.45, 2.75) is 24.8 Å². The normalized spacial score (nSPS) is 13.8. The molecule has 0 fully saturated rings. The number of halogens is 1. The second-order valence-electron chi connectivity index (χ2n) is 3.74. The lowest BCUT2D eigenvalue weighted by Gasteiger charge is -2.09. The number of sulfonamides is 1. The molecule has 0 aliphatic carbocycles. The molecule has 3 N–H and O–H groups in total. The van der Waals surface area contributed by atoms with Crippen LogP contribution in [0.5, 0.6) is 0 Å². The van der Waals surface area contributed by atoms with Gasteiger partial charge in [0.25, 0.3) is 0 Å². The third-order valence-corrected chi connectivity index (χ3v) is 3.88. The van der Waals surface area contributed by atoms with Crippen molar-refractivity contribution in [1.29, 1.82) is 0 Å². The Labute approximate surface area is 101 Å². The van der Waals surface area contributed by atoms with Gasteiger partial charge in [-0.1, -0.05) is 17.7 Å². The minimum atomic E-state index is -3.51. The van der Waals surface area contributed by atoms with Gasteiger partial charge in [-0.2, -0.15) is 0 Å². The smallest absolute Gasteiger partial charge is 0.240 e. The number of rotatable bonds is 4. The average molecular weight is 263 g/mol. The molecule has 0 amide bonds. The third-order valence-electron chi connectivity index (χ3n) is 2.05. The summed E-state index contributed by atoms with van der Waals surface area (Å²) < 4.78 is 26.0. The van der Waals surface area contributed by atoms with Crippen molar-refractivity contribution < 1.29 is 8.42 Å². The maximum atomic E-state index is 11.8. The van der Waals surface area contributed by atoms with Gasteiger partial charge in [-0.25, -0.2) is 13.1 Å². The maximum Gasteiger partial charge on any atom is 0.240 e. The molecule has 0 saturated carbocycles. The monoisotopic (exact) mass is 262 g/mol. The van der Waals surface area contributed by atoms with E-state index in [1.807, 2.05) is 6.92 Å².